The van der Waals surface area contributed by atoms with Gasteiger partial charge in [-0.05, 0) is 42.7 Å². The van der Waals surface area contributed by atoms with Crippen molar-refractivity contribution in [2.45, 2.75) is 20.3 Å². The number of hydrogen-bond donors (Lipinski definition) is 1. The average molecular weight is 311 g/mol. The molecule has 2 aromatic carbocycles. The van der Waals surface area contributed by atoms with Crippen LogP contribution in [-0.2, 0) is 20.7 Å². The first kappa shape index (κ1) is 16.7. The van der Waals surface area contributed by atoms with Gasteiger partial charge in [-0.1, -0.05) is 36.4 Å². The molecule has 0 aliphatic carbocycles. The van der Waals surface area contributed by atoms with E-state index in [1.54, 1.807) is 13.8 Å². The molecule has 0 aliphatic heterocycles. The van der Waals surface area contributed by atoms with E-state index in [-0.39, 0.29) is 12.2 Å². The van der Waals surface area contributed by atoms with Gasteiger partial charge < -0.3 is 10.5 Å². The van der Waals surface area contributed by atoms with Crippen LogP contribution >= 0.6 is 0 Å². The minimum absolute atomic E-state index is 0.162. The molecule has 4 heteroatoms. The Bertz CT molecular complexity index is 700. The Morgan fingerprint density at radius 3 is 1.91 bits per heavy atom. The third-order valence-corrected chi connectivity index (χ3v) is 3.96. The molecule has 0 unspecified atom stereocenters. The number of carbonyl (C=O) groups is 2. The molecule has 0 fully saturated rings. The Hall–Kier alpha value is -2.62. The second kappa shape index (κ2) is 6.65. The Kier molecular flexibility index (Phi) is 4.84. The highest BCUT2D eigenvalue weighted by atomic mass is 16.5. The molecular weight excluding hydrogens is 290 g/mol. The van der Waals surface area contributed by atoms with E-state index in [2.05, 4.69) is 0 Å². The van der Waals surface area contributed by atoms with Gasteiger partial charge >= 0.3 is 5.97 Å². The minimum Gasteiger partial charge on any atom is -0.468 e. The quantitative estimate of drug-likeness (QED) is 0.523. The van der Waals surface area contributed by atoms with Gasteiger partial charge in [0.15, 0.2) is 5.78 Å². The maximum Gasteiger partial charge on any atom is 0.318 e. The van der Waals surface area contributed by atoms with Gasteiger partial charge in [0.25, 0.3) is 0 Å². The predicted molar refractivity (Wildman–Crippen MR) is 90.8 cm³/mol. The fraction of sp³-hybridized carbons (Fsp3) is 0.263. The molecule has 0 amide bonds. The standard InChI is InChI=1S/C19H21NO3/c1-19(2,18(22)23-3)17(21)12-13-4-6-14(7-5-13)15-8-10-16(20)11-9-15/h4-11H,12,20H2,1-3H3. The van der Waals surface area contributed by atoms with Crippen molar-refractivity contribution in [3.63, 3.8) is 0 Å². The van der Waals surface area contributed by atoms with Gasteiger partial charge in [-0.2, -0.15) is 0 Å². The summed E-state index contributed by atoms with van der Waals surface area (Å²) in [6.07, 6.45) is 0.199. The van der Waals surface area contributed by atoms with E-state index in [4.69, 9.17) is 10.5 Å². The number of nitrogens with two attached hydrogens (primary N) is 1. The molecule has 0 aromatic heterocycles. The highest BCUT2D eigenvalue weighted by Crippen LogP contribution is 2.24. The molecular formula is C19H21NO3. The van der Waals surface area contributed by atoms with E-state index in [1.807, 2.05) is 48.5 Å². The summed E-state index contributed by atoms with van der Waals surface area (Å²) in [6.45, 7) is 3.17. The zero-order valence-corrected chi connectivity index (χ0v) is 13.6. The molecule has 4 nitrogen and oxygen atoms in total. The summed E-state index contributed by atoms with van der Waals surface area (Å²) in [6, 6.07) is 15.3. The summed E-state index contributed by atoms with van der Waals surface area (Å²) in [7, 11) is 1.29. The van der Waals surface area contributed by atoms with Crippen molar-refractivity contribution < 1.29 is 14.3 Å². The van der Waals surface area contributed by atoms with Crippen LogP contribution < -0.4 is 5.73 Å². The summed E-state index contributed by atoms with van der Waals surface area (Å²) >= 11 is 0. The highest BCUT2D eigenvalue weighted by Gasteiger charge is 2.36. The number of nitrogen functional groups attached to an aromatic ring is 1. The van der Waals surface area contributed by atoms with Gasteiger partial charge in [0.05, 0.1) is 7.11 Å². The third-order valence-electron chi connectivity index (χ3n) is 3.96. The Balaban J connectivity index is 2.12. The summed E-state index contributed by atoms with van der Waals surface area (Å²) in [5, 5.41) is 0. The summed E-state index contributed by atoms with van der Waals surface area (Å²) in [5.41, 5.74) is 8.25. The molecule has 0 radical (unpaired) electrons. The van der Waals surface area contributed by atoms with Crippen LogP contribution in [-0.4, -0.2) is 18.9 Å². The van der Waals surface area contributed by atoms with Crippen molar-refractivity contribution in [3.8, 4) is 11.1 Å². The fourth-order valence-corrected chi connectivity index (χ4v) is 2.27. The van der Waals surface area contributed by atoms with Gasteiger partial charge in [0.2, 0.25) is 0 Å². The van der Waals surface area contributed by atoms with Crippen molar-refractivity contribution in [1.29, 1.82) is 0 Å². The van der Waals surface area contributed by atoms with Crippen molar-refractivity contribution in [2.75, 3.05) is 12.8 Å². The topological polar surface area (TPSA) is 69.4 Å². The van der Waals surface area contributed by atoms with Crippen molar-refractivity contribution in [2.24, 2.45) is 5.41 Å². The number of benzene rings is 2. The molecule has 0 atom stereocenters. The number of ketones is 1. The van der Waals surface area contributed by atoms with E-state index >= 15 is 0 Å². The molecule has 2 aromatic rings. The summed E-state index contributed by atoms with van der Waals surface area (Å²) in [4.78, 5) is 24.0. The predicted octanol–water partition coefficient (Wildman–Crippen LogP) is 3.25. The van der Waals surface area contributed by atoms with Gasteiger partial charge in [-0.3, -0.25) is 9.59 Å². The van der Waals surface area contributed by atoms with Crippen LogP contribution in [0.1, 0.15) is 19.4 Å². The maximum absolute atomic E-state index is 12.3. The number of Topliss-reactive ketones (excluding diaryl/α,β-unsaturated/α-hetero) is 1. The van der Waals surface area contributed by atoms with Crippen LogP contribution in [0.3, 0.4) is 0 Å². The summed E-state index contributed by atoms with van der Waals surface area (Å²) < 4.78 is 4.69. The number of carbonyl (C=O) groups excluding carboxylic acids is 2. The fourth-order valence-electron chi connectivity index (χ4n) is 2.27. The smallest absolute Gasteiger partial charge is 0.318 e. The minimum atomic E-state index is -1.13. The lowest BCUT2D eigenvalue weighted by Crippen LogP contribution is -2.35. The Labute approximate surface area is 136 Å². The molecule has 0 aliphatic rings. The molecule has 0 spiro atoms. The number of methoxy groups -OCH3 is 1. The van der Waals surface area contributed by atoms with Gasteiger partial charge in [-0.25, -0.2) is 0 Å². The van der Waals surface area contributed by atoms with Crippen molar-refractivity contribution >= 4 is 17.4 Å². The number of esters is 1. The van der Waals surface area contributed by atoms with Crippen LogP contribution in [0.15, 0.2) is 48.5 Å². The zero-order valence-electron chi connectivity index (χ0n) is 13.6. The van der Waals surface area contributed by atoms with Crippen LogP contribution in [0.5, 0.6) is 0 Å². The maximum atomic E-state index is 12.3. The van der Waals surface area contributed by atoms with Crippen LogP contribution in [0, 0.1) is 5.41 Å². The largest absolute Gasteiger partial charge is 0.468 e. The van der Waals surface area contributed by atoms with Crippen LogP contribution in [0.2, 0.25) is 0 Å². The highest BCUT2D eigenvalue weighted by molar-refractivity contribution is 6.03. The molecule has 0 saturated heterocycles. The number of ether oxygens (including phenoxy) is 1. The van der Waals surface area contributed by atoms with E-state index in [1.165, 1.54) is 7.11 Å². The lowest BCUT2D eigenvalue weighted by atomic mass is 9.84. The van der Waals surface area contributed by atoms with E-state index in [0.29, 0.717) is 0 Å². The monoisotopic (exact) mass is 311 g/mol. The normalized spacial score (nSPS) is 11.1. The first-order chi connectivity index (χ1) is 10.8. The Morgan fingerprint density at radius 1 is 0.957 bits per heavy atom. The molecule has 0 bridgehead atoms. The van der Waals surface area contributed by atoms with Gasteiger partial charge in [0, 0.05) is 12.1 Å². The molecule has 23 heavy (non-hydrogen) atoms. The lowest BCUT2D eigenvalue weighted by molar-refractivity contribution is -0.155. The lowest BCUT2D eigenvalue weighted by Gasteiger charge is -2.19. The molecule has 0 heterocycles. The number of anilines is 1. The summed E-state index contributed by atoms with van der Waals surface area (Å²) in [5.74, 6) is -0.675. The average Bonchev–Trinajstić information content (AvgIpc) is 2.55. The van der Waals surface area contributed by atoms with Gasteiger partial charge in [0.1, 0.15) is 5.41 Å². The molecule has 120 valence electrons. The van der Waals surface area contributed by atoms with Crippen LogP contribution in [0.25, 0.3) is 11.1 Å². The second-order valence-electron chi connectivity index (χ2n) is 6.04. The zero-order chi connectivity index (χ0) is 17.0. The molecule has 0 saturated carbocycles. The number of rotatable bonds is 5. The Morgan fingerprint density at radius 2 is 1.43 bits per heavy atom. The third kappa shape index (κ3) is 3.77. The van der Waals surface area contributed by atoms with Crippen molar-refractivity contribution in [3.05, 3.63) is 54.1 Å². The first-order valence-electron chi connectivity index (χ1n) is 7.41. The van der Waals surface area contributed by atoms with E-state index < -0.39 is 11.4 Å². The second-order valence-corrected chi connectivity index (χ2v) is 6.04. The molecule has 2 rings (SSSR count). The van der Waals surface area contributed by atoms with Gasteiger partial charge in [-0.15, -0.1) is 0 Å². The number of hydrogen-bond acceptors (Lipinski definition) is 4. The van der Waals surface area contributed by atoms with Crippen LogP contribution in [0.4, 0.5) is 5.69 Å². The first-order valence-corrected chi connectivity index (χ1v) is 7.41. The van der Waals surface area contributed by atoms with E-state index in [0.717, 1.165) is 22.4 Å². The van der Waals surface area contributed by atoms with Crippen molar-refractivity contribution in [1.82, 2.24) is 0 Å². The van der Waals surface area contributed by atoms with E-state index in [9.17, 15) is 9.59 Å². The molecule has 2 N–H and O–H groups in total. The SMILES string of the molecule is COC(=O)C(C)(C)C(=O)Cc1ccc(-c2ccc(N)cc2)cc1.